The number of ether oxygens (including phenoxy) is 3. The van der Waals surface area contributed by atoms with Crippen molar-refractivity contribution < 1.29 is 23.8 Å². The molecule has 242 valence electrons. The largest absolute Gasteiger partial charge is 0.444 e. The van der Waals surface area contributed by atoms with Gasteiger partial charge in [-0.1, -0.05) is 47.9 Å². The lowest BCUT2D eigenvalue weighted by atomic mass is 9.92. The van der Waals surface area contributed by atoms with E-state index in [4.69, 9.17) is 14.2 Å². The number of carbonyl (C=O) groups is 2. The summed E-state index contributed by atoms with van der Waals surface area (Å²) in [6.07, 6.45) is 6.36. The summed E-state index contributed by atoms with van der Waals surface area (Å²) in [5, 5.41) is 4.22. The molecule has 0 radical (unpaired) electrons. The zero-order chi connectivity index (χ0) is 31.8. The average Bonchev–Trinajstić information content (AvgIpc) is 3.38. The van der Waals surface area contributed by atoms with E-state index in [1.165, 1.54) is 22.1 Å². The quantitative estimate of drug-likeness (QED) is 0.241. The van der Waals surface area contributed by atoms with Crippen LogP contribution in [0.25, 0.3) is 10.9 Å². The predicted octanol–water partition coefficient (Wildman–Crippen LogP) is 5.07. The molecule has 45 heavy (non-hydrogen) atoms. The van der Waals surface area contributed by atoms with Gasteiger partial charge in [0.25, 0.3) is 0 Å². The minimum atomic E-state index is -0.614. The Morgan fingerprint density at radius 1 is 1.07 bits per heavy atom. The zero-order valence-electron chi connectivity index (χ0n) is 27.6. The highest BCUT2D eigenvalue weighted by Crippen LogP contribution is 2.32. The molecule has 2 unspecified atom stereocenters. The second-order valence-corrected chi connectivity index (χ2v) is 13.7. The first-order valence-electron chi connectivity index (χ1n) is 16.8. The van der Waals surface area contributed by atoms with Gasteiger partial charge in [-0.25, -0.2) is 4.79 Å². The number of piperidine rings is 1. The van der Waals surface area contributed by atoms with Crippen molar-refractivity contribution in [1.82, 2.24) is 14.8 Å². The lowest BCUT2D eigenvalue weighted by molar-refractivity contribution is -0.163. The smallest absolute Gasteiger partial charge is 0.407 e. The van der Waals surface area contributed by atoms with E-state index in [9.17, 15) is 9.59 Å². The molecule has 1 N–H and O–H groups in total. The third kappa shape index (κ3) is 9.60. The van der Waals surface area contributed by atoms with Crippen molar-refractivity contribution in [2.45, 2.75) is 103 Å². The van der Waals surface area contributed by atoms with Crippen LogP contribution in [-0.4, -0.2) is 73.5 Å². The van der Waals surface area contributed by atoms with E-state index in [0.717, 1.165) is 63.8 Å². The number of hydrogen-bond donors (Lipinski definition) is 1. The van der Waals surface area contributed by atoms with E-state index in [1.807, 2.05) is 25.7 Å². The Morgan fingerprint density at radius 2 is 1.87 bits per heavy atom. The van der Waals surface area contributed by atoms with Gasteiger partial charge in [-0.05, 0) is 88.8 Å². The Labute approximate surface area is 269 Å². The number of likely N-dealkylation sites (tertiary alicyclic amines) is 1. The van der Waals surface area contributed by atoms with Crippen molar-refractivity contribution in [2.24, 2.45) is 0 Å². The second-order valence-electron chi connectivity index (χ2n) is 13.7. The molecule has 3 aromatic rings. The van der Waals surface area contributed by atoms with E-state index in [0.29, 0.717) is 19.6 Å². The number of rotatable bonds is 11. The summed E-state index contributed by atoms with van der Waals surface area (Å²) in [5.41, 5.74) is 4.15. The number of nitrogens with one attached hydrogen (secondary N) is 1. The highest BCUT2D eigenvalue weighted by atomic mass is 16.7. The van der Waals surface area contributed by atoms with Crippen molar-refractivity contribution in [3.05, 3.63) is 65.9 Å². The topological polar surface area (TPSA) is 82.0 Å². The van der Waals surface area contributed by atoms with Crippen LogP contribution in [-0.2, 0) is 32.0 Å². The molecule has 2 saturated heterocycles. The molecule has 3 heterocycles. The maximum Gasteiger partial charge on any atom is 0.407 e. The number of hydrogen-bond acceptors (Lipinski definition) is 5. The molecule has 0 spiro atoms. The van der Waals surface area contributed by atoms with Gasteiger partial charge in [0.2, 0.25) is 5.91 Å². The van der Waals surface area contributed by atoms with Crippen molar-refractivity contribution in [3.63, 3.8) is 0 Å². The zero-order valence-corrected chi connectivity index (χ0v) is 27.6. The van der Waals surface area contributed by atoms with Crippen LogP contribution in [0.15, 0.2) is 54.6 Å². The molecule has 8 nitrogen and oxygen atoms in total. The summed E-state index contributed by atoms with van der Waals surface area (Å²) >= 11 is 0. The summed E-state index contributed by atoms with van der Waals surface area (Å²) in [7, 11) is 2.05. The third-order valence-corrected chi connectivity index (χ3v) is 8.75. The first-order chi connectivity index (χ1) is 21.6. The minimum Gasteiger partial charge on any atom is -0.444 e. The molecule has 0 aliphatic carbocycles. The minimum absolute atomic E-state index is 0.0661. The highest BCUT2D eigenvalue weighted by molar-refractivity contribution is 6.32. The van der Waals surface area contributed by atoms with Gasteiger partial charge in [-0.15, -0.1) is 0 Å². The van der Waals surface area contributed by atoms with Crippen molar-refractivity contribution in [2.75, 3.05) is 26.3 Å². The fourth-order valence-electron chi connectivity index (χ4n) is 6.54. The van der Waals surface area contributed by atoms with Crippen LogP contribution in [0.4, 0.5) is 4.79 Å². The molecule has 5 rings (SSSR count). The van der Waals surface area contributed by atoms with Crippen LogP contribution in [0, 0.1) is 0 Å². The molecule has 3 atom stereocenters. The SMILES string of the molecule is Bc1ccc(C[C@H](CC(=O)N2CCCC(c3cc4ccccc4n3CCCOC3CCCCO3)C2)NC(=O)OC(C)(C)C)cc1. The third-order valence-electron chi connectivity index (χ3n) is 8.75. The number of carbonyl (C=O) groups excluding carboxylic acids is 2. The van der Waals surface area contributed by atoms with Crippen LogP contribution < -0.4 is 10.8 Å². The summed E-state index contributed by atoms with van der Waals surface area (Å²) < 4.78 is 19.8. The van der Waals surface area contributed by atoms with E-state index in [1.54, 1.807) is 0 Å². The van der Waals surface area contributed by atoms with Crippen molar-refractivity contribution >= 4 is 36.2 Å². The molecule has 0 saturated carbocycles. The molecular weight excluding hydrogens is 565 g/mol. The normalized spacial score (nSPS) is 19.8. The average molecular weight is 616 g/mol. The molecule has 9 heteroatoms. The van der Waals surface area contributed by atoms with Crippen LogP contribution in [0.1, 0.15) is 82.9 Å². The van der Waals surface area contributed by atoms with Gasteiger partial charge in [0.15, 0.2) is 6.29 Å². The number of aromatic nitrogens is 1. The van der Waals surface area contributed by atoms with Crippen LogP contribution in [0.3, 0.4) is 0 Å². The van der Waals surface area contributed by atoms with E-state index < -0.39 is 11.7 Å². The van der Waals surface area contributed by atoms with Crippen LogP contribution in [0.2, 0.25) is 0 Å². The number of alkyl carbamates (subject to hydrolysis) is 1. The Morgan fingerprint density at radius 3 is 2.62 bits per heavy atom. The van der Waals surface area contributed by atoms with E-state index in [2.05, 4.69) is 72.3 Å². The van der Waals surface area contributed by atoms with E-state index in [-0.39, 0.29) is 30.6 Å². The number of aryl methyl sites for hydroxylation is 1. The second kappa shape index (κ2) is 15.3. The van der Waals surface area contributed by atoms with Gasteiger partial charge < -0.3 is 29.0 Å². The van der Waals surface area contributed by atoms with Gasteiger partial charge in [0.1, 0.15) is 13.4 Å². The standard InChI is InChI=1S/C36H50BN3O5/c1-36(2,3)45-35(42)38-30(22-26-14-16-29(37)17-15-26)24-33(41)39-18-8-11-28(25-39)32-23-27-10-4-5-12-31(27)40(32)19-9-21-44-34-13-6-7-20-43-34/h4-5,10,12,14-17,23,28,30,34H,6-9,11,13,18-22,24-25,37H2,1-3H3,(H,38,42)/t28?,30-,34?/m1/s1. The first-order valence-corrected chi connectivity index (χ1v) is 16.8. The lowest BCUT2D eigenvalue weighted by Gasteiger charge is -2.34. The summed E-state index contributed by atoms with van der Waals surface area (Å²) in [4.78, 5) is 28.6. The summed E-state index contributed by atoms with van der Waals surface area (Å²) in [6, 6.07) is 18.7. The monoisotopic (exact) mass is 615 g/mol. The van der Waals surface area contributed by atoms with Crippen LogP contribution >= 0.6 is 0 Å². The molecule has 2 aliphatic heterocycles. The first kappa shape index (κ1) is 33.1. The molecule has 2 amide bonds. The number of fused-ring (bicyclic) bond motifs is 1. The Kier molecular flexibility index (Phi) is 11.3. The van der Waals surface area contributed by atoms with E-state index >= 15 is 0 Å². The van der Waals surface area contributed by atoms with Gasteiger partial charge >= 0.3 is 6.09 Å². The van der Waals surface area contributed by atoms with Crippen LogP contribution in [0.5, 0.6) is 0 Å². The molecular formula is C36H50BN3O5. The fourth-order valence-corrected chi connectivity index (χ4v) is 6.54. The van der Waals surface area contributed by atoms with Gasteiger partial charge in [0, 0.05) is 55.8 Å². The summed E-state index contributed by atoms with van der Waals surface area (Å²) in [5.74, 6) is 0.309. The number of benzene rings is 2. The van der Waals surface area contributed by atoms with Gasteiger partial charge in [-0.2, -0.15) is 0 Å². The Bertz CT molecular complexity index is 1410. The maximum absolute atomic E-state index is 13.8. The van der Waals surface area contributed by atoms with Crippen molar-refractivity contribution in [1.29, 1.82) is 0 Å². The maximum atomic E-state index is 13.8. The number of para-hydroxylation sites is 1. The van der Waals surface area contributed by atoms with Gasteiger partial charge in [-0.3, -0.25) is 4.79 Å². The Hall–Kier alpha value is -3.30. The fraction of sp³-hybridized carbons (Fsp3) is 0.556. The molecule has 2 aromatic carbocycles. The molecule has 1 aromatic heterocycles. The molecule has 2 aliphatic rings. The highest BCUT2D eigenvalue weighted by Gasteiger charge is 2.30. The molecule has 2 fully saturated rings. The number of amides is 2. The molecule has 0 bridgehead atoms. The predicted molar refractivity (Wildman–Crippen MR) is 181 cm³/mol. The lowest BCUT2D eigenvalue weighted by Crippen LogP contribution is -2.46. The number of nitrogens with zero attached hydrogens (tertiary/aromatic N) is 2. The van der Waals surface area contributed by atoms with Crippen molar-refractivity contribution in [3.8, 4) is 0 Å². The summed E-state index contributed by atoms with van der Waals surface area (Å²) in [6.45, 7) is 9.25. The Balaban J connectivity index is 1.26. The van der Waals surface area contributed by atoms with Gasteiger partial charge in [0.05, 0.1) is 6.61 Å².